The monoisotopic (exact) mass is 330 g/mol. The van der Waals surface area contributed by atoms with E-state index in [2.05, 4.69) is 36.2 Å². The molecule has 1 aliphatic heterocycles. The summed E-state index contributed by atoms with van der Waals surface area (Å²) in [7, 11) is 0.579. The highest BCUT2D eigenvalue weighted by Crippen LogP contribution is 2.32. The molecule has 4 nitrogen and oxygen atoms in total. The first kappa shape index (κ1) is 16.0. The van der Waals surface area contributed by atoms with Gasteiger partial charge in [0.05, 0.1) is 11.4 Å². The molecule has 122 valence electrons. The Bertz CT molecular complexity index is 788. The van der Waals surface area contributed by atoms with Gasteiger partial charge in [0.1, 0.15) is 0 Å². The molecule has 2 aromatic rings. The Hall–Kier alpha value is -1.85. The zero-order valence-corrected chi connectivity index (χ0v) is 14.4. The topological polar surface area (TPSA) is 40.6 Å². The molecule has 0 aliphatic carbocycles. The fraction of sp³-hybridized carbons (Fsp3) is 0.333. The van der Waals surface area contributed by atoms with E-state index in [1.54, 1.807) is 7.05 Å². The Balaban J connectivity index is 1.62. The maximum Gasteiger partial charge on any atom is 0.239 e. The summed E-state index contributed by atoms with van der Waals surface area (Å²) in [6.07, 6.45) is 0.917. The molecule has 0 amide bonds. The number of fused-ring (bicyclic) bond motifs is 1. The summed E-state index contributed by atoms with van der Waals surface area (Å²) in [5.41, 5.74) is 4.22. The van der Waals surface area contributed by atoms with Gasteiger partial charge < -0.3 is 4.90 Å². The first-order valence-electron chi connectivity index (χ1n) is 7.76. The van der Waals surface area contributed by atoms with Gasteiger partial charge in [-0.15, -0.1) is 0 Å². The fourth-order valence-electron chi connectivity index (χ4n) is 2.95. The number of anilines is 1. The van der Waals surface area contributed by atoms with Gasteiger partial charge in [0.15, 0.2) is 0 Å². The standard InChI is InChI=1S/C18H22N2O2S/c1-19(13-16-6-4-3-5-7-16)11-10-15-8-9-18-17(12-15)14-23(21,22)20(18)2/h3-9,12H,10-11,13-14H2,1-2H3. The van der Waals surface area contributed by atoms with Gasteiger partial charge >= 0.3 is 0 Å². The summed E-state index contributed by atoms with van der Waals surface area (Å²) < 4.78 is 25.2. The summed E-state index contributed by atoms with van der Waals surface area (Å²) in [5.74, 6) is 0.118. The lowest BCUT2D eigenvalue weighted by Crippen LogP contribution is -2.21. The Morgan fingerprint density at radius 3 is 2.57 bits per heavy atom. The van der Waals surface area contributed by atoms with E-state index in [9.17, 15) is 8.42 Å². The second-order valence-electron chi connectivity index (χ2n) is 6.16. The van der Waals surface area contributed by atoms with Crippen LogP contribution in [0.5, 0.6) is 0 Å². The normalized spacial score (nSPS) is 15.9. The van der Waals surface area contributed by atoms with E-state index >= 15 is 0 Å². The molecule has 23 heavy (non-hydrogen) atoms. The maximum absolute atomic E-state index is 11.9. The molecule has 0 radical (unpaired) electrons. The van der Waals surface area contributed by atoms with Crippen molar-refractivity contribution in [1.82, 2.24) is 4.90 Å². The third-order valence-corrected chi connectivity index (χ3v) is 6.02. The van der Waals surface area contributed by atoms with Crippen LogP contribution in [0.1, 0.15) is 16.7 Å². The minimum atomic E-state index is -3.15. The van der Waals surface area contributed by atoms with Crippen molar-refractivity contribution < 1.29 is 8.42 Å². The third kappa shape index (κ3) is 3.57. The molecule has 0 N–H and O–H groups in total. The van der Waals surface area contributed by atoms with Gasteiger partial charge in [0.2, 0.25) is 10.0 Å². The predicted octanol–water partition coefficient (Wildman–Crippen LogP) is 2.64. The largest absolute Gasteiger partial charge is 0.302 e. The molecule has 0 saturated heterocycles. The van der Waals surface area contributed by atoms with Crippen molar-refractivity contribution in [2.45, 2.75) is 18.7 Å². The Labute approximate surface area is 138 Å². The summed E-state index contributed by atoms with van der Waals surface area (Å²) in [4.78, 5) is 2.28. The lowest BCUT2D eigenvalue weighted by atomic mass is 10.1. The van der Waals surface area contributed by atoms with Crippen molar-refractivity contribution in [2.75, 3.05) is 24.9 Å². The van der Waals surface area contributed by atoms with Crippen LogP contribution >= 0.6 is 0 Å². The molecular weight excluding hydrogens is 308 g/mol. The molecule has 2 aromatic carbocycles. The molecule has 0 saturated carbocycles. The molecule has 1 heterocycles. The van der Waals surface area contributed by atoms with Crippen LogP contribution in [0.15, 0.2) is 48.5 Å². The van der Waals surface area contributed by atoms with Crippen molar-refractivity contribution in [3.63, 3.8) is 0 Å². The number of rotatable bonds is 5. The van der Waals surface area contributed by atoms with E-state index in [1.165, 1.54) is 15.4 Å². The number of sulfonamides is 1. The minimum Gasteiger partial charge on any atom is -0.302 e. The van der Waals surface area contributed by atoms with Crippen LogP contribution in [0.2, 0.25) is 0 Å². The third-order valence-electron chi connectivity index (χ3n) is 4.32. The van der Waals surface area contributed by atoms with Gasteiger partial charge in [-0.2, -0.15) is 0 Å². The van der Waals surface area contributed by atoms with E-state index < -0.39 is 10.0 Å². The molecule has 1 aliphatic rings. The summed E-state index contributed by atoms with van der Waals surface area (Å²) in [6, 6.07) is 16.4. The molecule has 0 unspecified atom stereocenters. The Kier molecular flexibility index (Phi) is 4.41. The van der Waals surface area contributed by atoms with Crippen molar-refractivity contribution >= 4 is 15.7 Å². The molecular formula is C18H22N2O2S. The van der Waals surface area contributed by atoms with E-state index in [4.69, 9.17) is 0 Å². The van der Waals surface area contributed by atoms with E-state index in [0.29, 0.717) is 0 Å². The summed E-state index contributed by atoms with van der Waals surface area (Å²) in [6.45, 7) is 1.86. The summed E-state index contributed by atoms with van der Waals surface area (Å²) in [5, 5.41) is 0. The maximum atomic E-state index is 11.9. The molecule has 0 fully saturated rings. The van der Waals surface area contributed by atoms with Gasteiger partial charge in [-0.1, -0.05) is 42.5 Å². The number of nitrogens with zero attached hydrogens (tertiary/aromatic N) is 2. The van der Waals surface area contributed by atoms with Crippen molar-refractivity contribution in [3.8, 4) is 0 Å². The second-order valence-corrected chi connectivity index (χ2v) is 8.16. The molecule has 0 spiro atoms. The van der Waals surface area contributed by atoms with Gasteiger partial charge in [0, 0.05) is 20.1 Å². The zero-order chi connectivity index (χ0) is 16.4. The fourth-order valence-corrected chi connectivity index (χ4v) is 4.25. The van der Waals surface area contributed by atoms with Gasteiger partial charge in [-0.25, -0.2) is 8.42 Å². The zero-order valence-electron chi connectivity index (χ0n) is 13.6. The van der Waals surface area contributed by atoms with Crippen LogP contribution in [0.4, 0.5) is 5.69 Å². The quantitative estimate of drug-likeness (QED) is 0.846. The smallest absolute Gasteiger partial charge is 0.239 e. The van der Waals surface area contributed by atoms with E-state index in [0.717, 1.165) is 30.8 Å². The summed E-state index contributed by atoms with van der Waals surface area (Å²) >= 11 is 0. The number of hydrogen-bond acceptors (Lipinski definition) is 3. The van der Waals surface area contributed by atoms with Crippen molar-refractivity contribution in [1.29, 1.82) is 0 Å². The van der Waals surface area contributed by atoms with Crippen LogP contribution in [0.25, 0.3) is 0 Å². The number of benzene rings is 2. The first-order chi connectivity index (χ1) is 11.0. The average molecular weight is 330 g/mol. The highest BCUT2D eigenvalue weighted by Gasteiger charge is 2.29. The van der Waals surface area contributed by atoms with Crippen LogP contribution in [0.3, 0.4) is 0 Å². The molecule has 5 heteroatoms. The molecule has 3 rings (SSSR count). The Morgan fingerprint density at radius 1 is 1.09 bits per heavy atom. The minimum absolute atomic E-state index is 0.118. The van der Waals surface area contributed by atoms with Gasteiger partial charge in [-0.3, -0.25) is 4.31 Å². The average Bonchev–Trinajstić information content (AvgIpc) is 2.75. The highest BCUT2D eigenvalue weighted by molar-refractivity contribution is 7.92. The lowest BCUT2D eigenvalue weighted by molar-refractivity contribution is 0.331. The highest BCUT2D eigenvalue weighted by atomic mass is 32.2. The van der Waals surface area contributed by atoms with Crippen LogP contribution in [-0.4, -0.2) is 34.0 Å². The van der Waals surface area contributed by atoms with E-state index in [1.807, 2.05) is 24.3 Å². The van der Waals surface area contributed by atoms with Crippen LogP contribution in [-0.2, 0) is 28.7 Å². The second kappa shape index (κ2) is 6.34. The molecule has 0 atom stereocenters. The van der Waals surface area contributed by atoms with Crippen LogP contribution in [0, 0.1) is 0 Å². The van der Waals surface area contributed by atoms with Crippen molar-refractivity contribution in [3.05, 3.63) is 65.2 Å². The van der Waals surface area contributed by atoms with Gasteiger partial charge in [-0.05, 0) is 36.2 Å². The number of hydrogen-bond donors (Lipinski definition) is 0. The molecule has 0 aromatic heterocycles. The van der Waals surface area contributed by atoms with Crippen molar-refractivity contribution in [2.24, 2.45) is 0 Å². The molecule has 0 bridgehead atoms. The Morgan fingerprint density at radius 2 is 1.83 bits per heavy atom. The van der Waals surface area contributed by atoms with Crippen LogP contribution < -0.4 is 4.31 Å². The van der Waals surface area contributed by atoms with E-state index in [-0.39, 0.29) is 5.75 Å². The first-order valence-corrected chi connectivity index (χ1v) is 9.37. The SMILES string of the molecule is CN(CCc1ccc2c(c1)CS(=O)(=O)N2C)Cc1ccccc1. The van der Waals surface area contributed by atoms with Gasteiger partial charge in [0.25, 0.3) is 0 Å². The number of likely N-dealkylation sites (N-methyl/N-ethyl adjacent to an activating group) is 1. The lowest BCUT2D eigenvalue weighted by Gasteiger charge is -2.17. The predicted molar refractivity (Wildman–Crippen MR) is 93.9 cm³/mol.